The number of carbonyl (C=O) groups is 1. The molecule has 0 spiro atoms. The van der Waals surface area contributed by atoms with Gasteiger partial charge in [-0.05, 0) is 17.7 Å². The maximum absolute atomic E-state index is 11.1. The minimum Gasteiger partial charge on any atom is -0.497 e. The molecular weight excluding hydrogens is 222 g/mol. The molecule has 0 aliphatic rings. The third-order valence-electron chi connectivity index (χ3n) is 2.42. The van der Waals surface area contributed by atoms with Crippen LogP contribution in [-0.2, 0) is 9.53 Å². The van der Waals surface area contributed by atoms with Gasteiger partial charge >= 0.3 is 5.97 Å². The summed E-state index contributed by atoms with van der Waals surface area (Å²) >= 11 is 0. The van der Waals surface area contributed by atoms with Crippen molar-refractivity contribution in [3.05, 3.63) is 23.8 Å². The highest BCUT2D eigenvalue weighted by Gasteiger charge is 2.14. The molecule has 1 aromatic rings. The molecule has 1 rings (SSSR count). The van der Waals surface area contributed by atoms with E-state index in [0.29, 0.717) is 11.5 Å². The number of hydrogen-bond acceptors (Lipinski definition) is 5. The predicted molar refractivity (Wildman–Crippen MR) is 63.1 cm³/mol. The Morgan fingerprint density at radius 2 is 1.71 bits per heavy atom. The molecule has 0 amide bonds. The third kappa shape index (κ3) is 3.64. The summed E-state index contributed by atoms with van der Waals surface area (Å²) in [6.45, 7) is 0. The van der Waals surface area contributed by atoms with E-state index in [1.54, 1.807) is 32.4 Å². The minimum absolute atomic E-state index is 0.118. The Balaban J connectivity index is 2.91. The van der Waals surface area contributed by atoms with Crippen LogP contribution in [0.15, 0.2) is 18.2 Å². The smallest absolute Gasteiger partial charge is 0.307 e. The van der Waals surface area contributed by atoms with Gasteiger partial charge in [0.05, 0.1) is 27.8 Å². The van der Waals surface area contributed by atoms with Crippen LogP contribution in [0.5, 0.6) is 11.5 Å². The van der Waals surface area contributed by atoms with Crippen molar-refractivity contribution in [2.24, 2.45) is 5.73 Å². The van der Waals surface area contributed by atoms with E-state index in [-0.39, 0.29) is 12.4 Å². The molecule has 0 unspecified atom stereocenters. The number of benzene rings is 1. The molecule has 0 radical (unpaired) electrons. The maximum atomic E-state index is 11.1. The second-order valence-corrected chi connectivity index (χ2v) is 3.53. The highest BCUT2D eigenvalue weighted by Crippen LogP contribution is 2.26. The van der Waals surface area contributed by atoms with Crippen molar-refractivity contribution in [1.29, 1.82) is 0 Å². The summed E-state index contributed by atoms with van der Waals surface area (Å²) in [5, 5.41) is 0. The Bertz CT molecular complexity index is 370. The molecule has 94 valence electrons. The van der Waals surface area contributed by atoms with E-state index in [9.17, 15) is 4.79 Å². The van der Waals surface area contributed by atoms with Gasteiger partial charge in [0, 0.05) is 12.1 Å². The first-order valence-electron chi connectivity index (χ1n) is 5.16. The molecule has 1 aromatic carbocycles. The fourth-order valence-electron chi connectivity index (χ4n) is 1.42. The van der Waals surface area contributed by atoms with Crippen molar-refractivity contribution >= 4 is 5.97 Å². The third-order valence-corrected chi connectivity index (χ3v) is 2.42. The predicted octanol–water partition coefficient (Wildman–Crippen LogP) is 1.27. The van der Waals surface area contributed by atoms with E-state index in [4.69, 9.17) is 15.2 Å². The lowest BCUT2D eigenvalue weighted by atomic mass is 10.0. The zero-order valence-corrected chi connectivity index (χ0v) is 10.2. The molecule has 0 saturated heterocycles. The SMILES string of the molecule is COC(=O)C[C@@H](N)c1cc(OC)cc(OC)c1. The molecule has 1 atom stereocenters. The molecule has 0 saturated carbocycles. The molecule has 5 nitrogen and oxygen atoms in total. The minimum atomic E-state index is -0.438. The Kier molecular flexibility index (Phi) is 4.78. The van der Waals surface area contributed by atoms with Crippen LogP contribution >= 0.6 is 0 Å². The highest BCUT2D eigenvalue weighted by atomic mass is 16.5. The van der Waals surface area contributed by atoms with Gasteiger partial charge in [0.1, 0.15) is 11.5 Å². The number of methoxy groups -OCH3 is 3. The maximum Gasteiger partial charge on any atom is 0.307 e. The van der Waals surface area contributed by atoms with E-state index in [2.05, 4.69) is 4.74 Å². The first kappa shape index (κ1) is 13.3. The van der Waals surface area contributed by atoms with Crippen LogP contribution in [0.3, 0.4) is 0 Å². The topological polar surface area (TPSA) is 70.8 Å². The molecule has 0 aliphatic heterocycles. The number of ether oxygens (including phenoxy) is 3. The molecule has 17 heavy (non-hydrogen) atoms. The summed E-state index contributed by atoms with van der Waals surface area (Å²) in [6, 6.07) is 4.85. The van der Waals surface area contributed by atoms with Crippen molar-refractivity contribution < 1.29 is 19.0 Å². The van der Waals surface area contributed by atoms with Crippen LogP contribution in [0.4, 0.5) is 0 Å². The van der Waals surface area contributed by atoms with E-state index in [1.165, 1.54) is 7.11 Å². The Labute approximate surface area is 100 Å². The fraction of sp³-hybridized carbons (Fsp3) is 0.417. The van der Waals surface area contributed by atoms with Gasteiger partial charge in [-0.25, -0.2) is 0 Å². The van der Waals surface area contributed by atoms with Gasteiger partial charge in [0.25, 0.3) is 0 Å². The average molecular weight is 239 g/mol. The summed E-state index contributed by atoms with van der Waals surface area (Å²) in [4.78, 5) is 11.1. The van der Waals surface area contributed by atoms with Gasteiger partial charge in [-0.15, -0.1) is 0 Å². The van der Waals surface area contributed by atoms with Gasteiger partial charge in [-0.3, -0.25) is 4.79 Å². The summed E-state index contributed by atoms with van der Waals surface area (Å²) in [6.07, 6.45) is 0.118. The molecule has 0 aromatic heterocycles. The fourth-order valence-corrected chi connectivity index (χ4v) is 1.42. The van der Waals surface area contributed by atoms with Crippen molar-refractivity contribution in [2.75, 3.05) is 21.3 Å². The lowest BCUT2D eigenvalue weighted by Gasteiger charge is -2.13. The van der Waals surface area contributed by atoms with Crippen LogP contribution in [0.2, 0.25) is 0 Å². The van der Waals surface area contributed by atoms with Gasteiger partial charge in [0.15, 0.2) is 0 Å². The molecular formula is C12H17NO4. The molecule has 0 fully saturated rings. The average Bonchev–Trinajstić information content (AvgIpc) is 2.37. The largest absolute Gasteiger partial charge is 0.497 e. The molecule has 0 heterocycles. The van der Waals surface area contributed by atoms with Crippen molar-refractivity contribution in [1.82, 2.24) is 0 Å². The summed E-state index contributed by atoms with van der Waals surface area (Å²) in [5.41, 5.74) is 6.68. The molecule has 0 aliphatic carbocycles. The lowest BCUT2D eigenvalue weighted by Crippen LogP contribution is -2.16. The standard InChI is InChI=1S/C12H17NO4/c1-15-9-4-8(5-10(6-9)16-2)11(13)7-12(14)17-3/h4-6,11H,7,13H2,1-3H3/t11-/m1/s1. The lowest BCUT2D eigenvalue weighted by molar-refractivity contribution is -0.141. The van der Waals surface area contributed by atoms with Gasteiger partial charge in [-0.1, -0.05) is 0 Å². The first-order valence-corrected chi connectivity index (χ1v) is 5.16. The number of nitrogens with two attached hydrogens (primary N) is 1. The van der Waals surface area contributed by atoms with E-state index in [1.807, 2.05) is 0 Å². The van der Waals surface area contributed by atoms with Gasteiger partial charge < -0.3 is 19.9 Å². The number of rotatable bonds is 5. The van der Waals surface area contributed by atoms with Crippen LogP contribution in [0, 0.1) is 0 Å². The molecule has 5 heteroatoms. The Morgan fingerprint density at radius 3 is 2.12 bits per heavy atom. The number of carbonyl (C=O) groups excluding carboxylic acids is 1. The van der Waals surface area contributed by atoms with Crippen molar-refractivity contribution in [2.45, 2.75) is 12.5 Å². The van der Waals surface area contributed by atoms with Crippen LogP contribution < -0.4 is 15.2 Å². The second kappa shape index (κ2) is 6.10. The van der Waals surface area contributed by atoms with Crippen LogP contribution in [0.1, 0.15) is 18.0 Å². The van der Waals surface area contributed by atoms with E-state index >= 15 is 0 Å². The van der Waals surface area contributed by atoms with Crippen LogP contribution in [-0.4, -0.2) is 27.3 Å². The van der Waals surface area contributed by atoms with Crippen molar-refractivity contribution in [3.63, 3.8) is 0 Å². The summed E-state index contributed by atoms with van der Waals surface area (Å²) < 4.78 is 14.8. The Morgan fingerprint density at radius 1 is 1.18 bits per heavy atom. The summed E-state index contributed by atoms with van der Waals surface area (Å²) in [5.74, 6) is 0.929. The molecule has 2 N–H and O–H groups in total. The number of hydrogen-bond donors (Lipinski definition) is 1. The van der Waals surface area contributed by atoms with Crippen LogP contribution in [0.25, 0.3) is 0 Å². The highest BCUT2D eigenvalue weighted by molar-refractivity contribution is 5.70. The first-order chi connectivity index (χ1) is 8.10. The normalized spacial score (nSPS) is 11.8. The Hall–Kier alpha value is -1.75. The molecule has 0 bridgehead atoms. The zero-order chi connectivity index (χ0) is 12.8. The number of esters is 1. The van der Waals surface area contributed by atoms with Gasteiger partial charge in [0.2, 0.25) is 0 Å². The quantitative estimate of drug-likeness (QED) is 0.783. The van der Waals surface area contributed by atoms with Crippen molar-refractivity contribution in [3.8, 4) is 11.5 Å². The second-order valence-electron chi connectivity index (χ2n) is 3.53. The van der Waals surface area contributed by atoms with Gasteiger partial charge in [-0.2, -0.15) is 0 Å². The summed E-state index contributed by atoms with van der Waals surface area (Å²) in [7, 11) is 4.45. The zero-order valence-electron chi connectivity index (χ0n) is 10.2. The van der Waals surface area contributed by atoms with E-state index in [0.717, 1.165) is 5.56 Å². The monoisotopic (exact) mass is 239 g/mol. The van der Waals surface area contributed by atoms with E-state index < -0.39 is 6.04 Å².